The van der Waals surface area contributed by atoms with Crippen LogP contribution in [-0.2, 0) is 9.53 Å². The second-order valence-electron chi connectivity index (χ2n) is 2.68. The summed E-state index contributed by atoms with van der Waals surface area (Å²) in [6.45, 7) is 1.91. The first-order chi connectivity index (χ1) is 6.66. The molecule has 0 amide bonds. The van der Waals surface area contributed by atoms with Gasteiger partial charge in [0.25, 0.3) is 0 Å². The van der Waals surface area contributed by atoms with Gasteiger partial charge in [0.2, 0.25) is 0 Å². The molecule has 1 N–H and O–H groups in total. The maximum absolute atomic E-state index is 11.2. The maximum Gasteiger partial charge on any atom is 0.339 e. The molecule has 1 aromatic rings. The lowest BCUT2D eigenvalue weighted by atomic mass is 10.1. The number of ether oxygens (including phenoxy) is 1. The fraction of sp³-hybridized carbons (Fsp3) is 0.300. The Morgan fingerprint density at radius 3 is 2.79 bits per heavy atom. The highest BCUT2D eigenvalue weighted by Gasteiger charge is 2.20. The van der Waals surface area contributed by atoms with Crippen LogP contribution >= 0.6 is 11.6 Å². The van der Waals surface area contributed by atoms with E-state index in [0.717, 1.165) is 0 Å². The number of halogens is 1. The normalized spacial score (nSPS) is 12.2. The summed E-state index contributed by atoms with van der Waals surface area (Å²) in [6, 6.07) is 6.62. The standard InChI is InChI=1S/C10H11ClO3/c1-2-14-10(13)9(12)7-5-3-4-6-8(7)11/h3-6,9,12H,2H2,1H3/t9-/m1/s1. The van der Waals surface area contributed by atoms with Crippen LogP contribution in [0.1, 0.15) is 18.6 Å². The van der Waals surface area contributed by atoms with Crippen LogP contribution in [0.15, 0.2) is 24.3 Å². The Bertz CT molecular complexity index is 325. The molecule has 0 radical (unpaired) electrons. The number of hydrogen-bond donors (Lipinski definition) is 1. The van der Waals surface area contributed by atoms with E-state index in [1.165, 1.54) is 0 Å². The highest BCUT2D eigenvalue weighted by atomic mass is 35.5. The van der Waals surface area contributed by atoms with E-state index in [2.05, 4.69) is 4.74 Å². The zero-order valence-corrected chi connectivity index (χ0v) is 8.49. The second kappa shape index (κ2) is 4.98. The Kier molecular flexibility index (Phi) is 3.92. The number of carbonyl (C=O) groups is 1. The van der Waals surface area contributed by atoms with Crippen LogP contribution in [0.25, 0.3) is 0 Å². The van der Waals surface area contributed by atoms with Crippen LogP contribution in [-0.4, -0.2) is 17.7 Å². The number of aliphatic hydroxyl groups is 1. The summed E-state index contributed by atoms with van der Waals surface area (Å²) in [4.78, 5) is 11.2. The minimum atomic E-state index is -1.30. The fourth-order valence-corrected chi connectivity index (χ4v) is 1.28. The Morgan fingerprint density at radius 2 is 2.21 bits per heavy atom. The number of benzene rings is 1. The maximum atomic E-state index is 11.2. The van der Waals surface area contributed by atoms with E-state index in [1.54, 1.807) is 31.2 Å². The molecular weight excluding hydrogens is 204 g/mol. The van der Waals surface area contributed by atoms with Crippen LogP contribution in [0.5, 0.6) is 0 Å². The fourth-order valence-electron chi connectivity index (χ4n) is 1.05. The van der Waals surface area contributed by atoms with E-state index >= 15 is 0 Å². The van der Waals surface area contributed by atoms with Gasteiger partial charge >= 0.3 is 5.97 Å². The van der Waals surface area contributed by atoms with Crippen molar-refractivity contribution in [3.05, 3.63) is 34.9 Å². The van der Waals surface area contributed by atoms with Crippen LogP contribution in [0.2, 0.25) is 5.02 Å². The van der Waals surface area contributed by atoms with Crippen molar-refractivity contribution in [1.82, 2.24) is 0 Å². The third-order valence-corrected chi connectivity index (χ3v) is 2.05. The molecule has 0 bridgehead atoms. The van der Waals surface area contributed by atoms with Crippen LogP contribution in [0.3, 0.4) is 0 Å². The van der Waals surface area contributed by atoms with Crippen molar-refractivity contribution in [1.29, 1.82) is 0 Å². The number of rotatable bonds is 3. The van der Waals surface area contributed by atoms with E-state index in [1.807, 2.05) is 0 Å². The molecule has 76 valence electrons. The highest BCUT2D eigenvalue weighted by molar-refractivity contribution is 6.31. The Balaban J connectivity index is 2.84. The lowest BCUT2D eigenvalue weighted by Crippen LogP contribution is -2.15. The van der Waals surface area contributed by atoms with Gasteiger partial charge in [0.1, 0.15) is 0 Å². The summed E-state index contributed by atoms with van der Waals surface area (Å²) in [5, 5.41) is 9.90. The largest absolute Gasteiger partial charge is 0.464 e. The molecule has 14 heavy (non-hydrogen) atoms. The van der Waals surface area contributed by atoms with Crippen molar-refractivity contribution in [3.63, 3.8) is 0 Å². The molecule has 0 saturated heterocycles. The molecule has 1 atom stereocenters. The lowest BCUT2D eigenvalue weighted by molar-refractivity contribution is -0.153. The Labute approximate surface area is 87.3 Å². The summed E-state index contributed by atoms with van der Waals surface area (Å²) in [7, 11) is 0. The first-order valence-electron chi connectivity index (χ1n) is 4.26. The molecule has 1 aromatic carbocycles. The topological polar surface area (TPSA) is 46.5 Å². The van der Waals surface area contributed by atoms with Gasteiger partial charge in [0, 0.05) is 10.6 Å². The highest BCUT2D eigenvalue weighted by Crippen LogP contribution is 2.23. The minimum Gasteiger partial charge on any atom is -0.464 e. The monoisotopic (exact) mass is 214 g/mol. The second-order valence-corrected chi connectivity index (χ2v) is 3.08. The average Bonchev–Trinajstić information content (AvgIpc) is 2.18. The van der Waals surface area contributed by atoms with Crippen molar-refractivity contribution in [2.24, 2.45) is 0 Å². The van der Waals surface area contributed by atoms with Gasteiger partial charge in [-0.25, -0.2) is 4.79 Å². The van der Waals surface area contributed by atoms with Gasteiger partial charge in [0.05, 0.1) is 6.61 Å². The van der Waals surface area contributed by atoms with Crippen LogP contribution in [0.4, 0.5) is 0 Å². The van der Waals surface area contributed by atoms with Crippen molar-refractivity contribution < 1.29 is 14.6 Å². The van der Waals surface area contributed by atoms with Gasteiger partial charge in [-0.2, -0.15) is 0 Å². The van der Waals surface area contributed by atoms with Crippen molar-refractivity contribution in [2.75, 3.05) is 6.61 Å². The molecule has 0 aliphatic heterocycles. The van der Waals surface area contributed by atoms with Crippen LogP contribution < -0.4 is 0 Å². The summed E-state index contributed by atoms with van der Waals surface area (Å²) in [5.41, 5.74) is 0.368. The summed E-state index contributed by atoms with van der Waals surface area (Å²) >= 11 is 5.80. The zero-order chi connectivity index (χ0) is 10.6. The first kappa shape index (κ1) is 11.0. The predicted molar refractivity (Wildman–Crippen MR) is 53.0 cm³/mol. The van der Waals surface area contributed by atoms with Gasteiger partial charge in [-0.1, -0.05) is 29.8 Å². The molecule has 0 heterocycles. The van der Waals surface area contributed by atoms with E-state index < -0.39 is 12.1 Å². The molecule has 0 unspecified atom stereocenters. The third-order valence-electron chi connectivity index (χ3n) is 1.71. The molecule has 0 saturated carbocycles. The van der Waals surface area contributed by atoms with Gasteiger partial charge in [-0.15, -0.1) is 0 Å². The van der Waals surface area contributed by atoms with Gasteiger partial charge in [-0.3, -0.25) is 0 Å². The quantitative estimate of drug-likeness (QED) is 0.783. The van der Waals surface area contributed by atoms with Gasteiger partial charge < -0.3 is 9.84 Å². The molecule has 3 nitrogen and oxygen atoms in total. The van der Waals surface area contributed by atoms with Crippen molar-refractivity contribution >= 4 is 17.6 Å². The summed E-state index contributed by atoms with van der Waals surface area (Å²) in [6.07, 6.45) is -1.30. The van der Waals surface area contributed by atoms with E-state index in [-0.39, 0.29) is 6.61 Å². The molecule has 1 rings (SSSR count). The van der Waals surface area contributed by atoms with Gasteiger partial charge in [0.15, 0.2) is 6.10 Å². The summed E-state index contributed by atoms with van der Waals surface area (Å²) in [5.74, 6) is -0.680. The van der Waals surface area contributed by atoms with Crippen molar-refractivity contribution in [2.45, 2.75) is 13.0 Å². The molecule has 0 aromatic heterocycles. The average molecular weight is 215 g/mol. The lowest BCUT2D eigenvalue weighted by Gasteiger charge is -2.10. The van der Waals surface area contributed by atoms with Crippen molar-refractivity contribution in [3.8, 4) is 0 Å². The Morgan fingerprint density at radius 1 is 1.57 bits per heavy atom. The predicted octanol–water partition coefficient (Wildman–Crippen LogP) is 1.94. The van der Waals surface area contributed by atoms with E-state index in [9.17, 15) is 9.90 Å². The Hall–Kier alpha value is -1.06. The van der Waals surface area contributed by atoms with Crippen LogP contribution in [0, 0.1) is 0 Å². The minimum absolute atomic E-state index is 0.236. The molecule has 0 aliphatic carbocycles. The molecule has 0 aliphatic rings. The van der Waals surface area contributed by atoms with E-state index in [4.69, 9.17) is 11.6 Å². The number of hydrogen-bond acceptors (Lipinski definition) is 3. The third kappa shape index (κ3) is 2.47. The molecule has 4 heteroatoms. The van der Waals surface area contributed by atoms with Gasteiger partial charge in [-0.05, 0) is 13.0 Å². The molecular formula is C10H11ClO3. The zero-order valence-electron chi connectivity index (χ0n) is 7.74. The number of aliphatic hydroxyl groups excluding tert-OH is 1. The van der Waals surface area contributed by atoms with E-state index in [0.29, 0.717) is 10.6 Å². The number of esters is 1. The summed E-state index contributed by atoms with van der Waals surface area (Å²) < 4.78 is 4.67. The smallest absolute Gasteiger partial charge is 0.339 e. The SMILES string of the molecule is CCOC(=O)[C@H](O)c1ccccc1Cl. The molecule has 0 spiro atoms. The molecule has 0 fully saturated rings. The number of carbonyl (C=O) groups excluding carboxylic acids is 1. The first-order valence-corrected chi connectivity index (χ1v) is 4.63.